The number of hydrogen-bond acceptors (Lipinski definition) is 9. The monoisotopic (exact) mass is 1730 g/mol. The highest BCUT2D eigenvalue weighted by Gasteiger charge is 2.22. The molecule has 0 radical (unpaired) electrons. The SMILES string of the molecule is c1ccc(-c2ccc(-c3nc(-c4ccc(-c5ccccc5)cc4)nc(-c4cccc5c4ccc4c6ccccc6ccc54)n3)cc2)cc1.c1ccc(-c2ccc(-c3nc(-c4ccccc4)nc(-c4cccc5c4ccc4c6ccccc6ccc54)n3)cc2)cc1.c1ccc(-c2nc(-c3ccc(-c4ccc5ccccc5c4)cc3)nc(-c3cccc4c3ccc3c5ccccc5ccc43)n2)cc1. The predicted octanol–water partition coefficient (Wildman–Crippen LogP) is 32.8. The number of aromatic nitrogens is 9. The molecular formula is C127H81N9. The van der Waals surface area contributed by atoms with Gasteiger partial charge in [0.15, 0.2) is 52.4 Å². The van der Waals surface area contributed by atoms with Crippen LogP contribution in [0, 0.1) is 0 Å². The molecule has 26 rings (SSSR count). The lowest BCUT2D eigenvalue weighted by molar-refractivity contribution is 1.08. The van der Waals surface area contributed by atoms with Crippen molar-refractivity contribution < 1.29 is 0 Å². The molecule has 0 saturated carbocycles. The van der Waals surface area contributed by atoms with Gasteiger partial charge >= 0.3 is 0 Å². The Morgan fingerprint density at radius 2 is 0.265 bits per heavy atom. The van der Waals surface area contributed by atoms with Crippen molar-refractivity contribution in [2.24, 2.45) is 0 Å². The molecule has 26 aromatic rings. The molecule has 0 atom stereocenters. The van der Waals surface area contributed by atoms with Crippen molar-refractivity contribution in [3.05, 3.63) is 491 Å². The molecule has 3 aromatic heterocycles. The van der Waals surface area contributed by atoms with E-state index in [9.17, 15) is 0 Å². The van der Waals surface area contributed by atoms with Crippen LogP contribution >= 0.6 is 0 Å². The minimum Gasteiger partial charge on any atom is -0.208 e. The average molecular weight is 1730 g/mol. The molecule has 0 unspecified atom stereocenters. The minimum absolute atomic E-state index is 0.644. The van der Waals surface area contributed by atoms with Crippen LogP contribution in [0.1, 0.15) is 0 Å². The van der Waals surface area contributed by atoms with Crippen LogP contribution in [0.2, 0.25) is 0 Å². The zero-order chi connectivity index (χ0) is 90.2. The van der Waals surface area contributed by atoms with Gasteiger partial charge in [0, 0.05) is 50.1 Å². The molecular weight excluding hydrogens is 1650 g/mol. The second-order valence-corrected chi connectivity index (χ2v) is 34.2. The quantitative estimate of drug-likeness (QED) is 0.104. The maximum absolute atomic E-state index is 5.12. The van der Waals surface area contributed by atoms with Crippen LogP contribution in [-0.2, 0) is 0 Å². The highest BCUT2D eigenvalue weighted by Crippen LogP contribution is 2.43. The largest absolute Gasteiger partial charge is 0.208 e. The molecule has 634 valence electrons. The van der Waals surface area contributed by atoms with Crippen LogP contribution in [0.5, 0.6) is 0 Å². The van der Waals surface area contributed by atoms with E-state index in [4.69, 9.17) is 44.9 Å². The first-order chi connectivity index (χ1) is 67.4. The van der Waals surface area contributed by atoms with E-state index in [-0.39, 0.29) is 0 Å². The van der Waals surface area contributed by atoms with Crippen molar-refractivity contribution in [1.29, 1.82) is 0 Å². The van der Waals surface area contributed by atoms with E-state index < -0.39 is 0 Å². The van der Waals surface area contributed by atoms with Gasteiger partial charge in [-0.2, -0.15) is 0 Å². The Bertz CT molecular complexity index is 8940. The Morgan fingerprint density at radius 3 is 0.566 bits per heavy atom. The smallest absolute Gasteiger partial charge is 0.164 e. The summed E-state index contributed by atoms with van der Waals surface area (Å²) in [6.45, 7) is 0. The maximum Gasteiger partial charge on any atom is 0.164 e. The van der Waals surface area contributed by atoms with Crippen LogP contribution in [-0.4, -0.2) is 44.9 Å². The zero-order valence-corrected chi connectivity index (χ0v) is 73.8. The lowest BCUT2D eigenvalue weighted by atomic mass is 9.95. The summed E-state index contributed by atoms with van der Waals surface area (Å²) in [5.74, 6) is 5.88. The van der Waals surface area contributed by atoms with E-state index in [0.717, 1.165) is 88.5 Å². The third-order valence-corrected chi connectivity index (χ3v) is 26.0. The fraction of sp³-hybridized carbons (Fsp3) is 0. The molecule has 9 heteroatoms. The van der Waals surface area contributed by atoms with E-state index in [1.807, 2.05) is 78.9 Å². The molecule has 0 aliphatic heterocycles. The Morgan fingerprint density at radius 1 is 0.0882 bits per heavy atom. The van der Waals surface area contributed by atoms with Gasteiger partial charge in [-0.3, -0.25) is 0 Å². The van der Waals surface area contributed by atoms with Crippen LogP contribution in [0.15, 0.2) is 491 Å². The van der Waals surface area contributed by atoms with Crippen molar-refractivity contribution in [3.63, 3.8) is 0 Å². The van der Waals surface area contributed by atoms with Crippen LogP contribution < -0.4 is 0 Å². The van der Waals surface area contributed by atoms with Crippen molar-refractivity contribution in [2.75, 3.05) is 0 Å². The highest BCUT2D eigenvalue weighted by molar-refractivity contribution is 6.22. The number of rotatable bonds is 13. The predicted molar refractivity (Wildman–Crippen MR) is 565 cm³/mol. The molecule has 0 aliphatic carbocycles. The molecule has 0 N–H and O–H groups in total. The first-order valence-electron chi connectivity index (χ1n) is 45.9. The van der Waals surface area contributed by atoms with Crippen LogP contribution in [0.25, 0.3) is 255 Å². The summed E-state index contributed by atoms with van der Waals surface area (Å²) in [5.41, 5.74) is 18.0. The minimum atomic E-state index is 0.644. The summed E-state index contributed by atoms with van der Waals surface area (Å²) < 4.78 is 0. The second kappa shape index (κ2) is 35.5. The normalized spacial score (nSPS) is 11.4. The molecule has 9 nitrogen and oxygen atoms in total. The second-order valence-electron chi connectivity index (χ2n) is 34.2. The molecule has 3 heterocycles. The Balaban J connectivity index is 0.000000112. The molecule has 0 amide bonds. The van der Waals surface area contributed by atoms with Gasteiger partial charge in [0.1, 0.15) is 0 Å². The van der Waals surface area contributed by atoms with E-state index in [1.165, 1.54) is 114 Å². The van der Waals surface area contributed by atoms with E-state index >= 15 is 0 Å². The van der Waals surface area contributed by atoms with E-state index in [0.29, 0.717) is 52.4 Å². The molecule has 0 spiro atoms. The standard InChI is InChI=1S/C45H29N3.C43H27N3.C39H25N3/c1-3-10-30(11-4-1)32-18-22-35(23-19-32)43-46-44(36-24-20-33(21-25-36)31-12-5-2-6-13-31)48-45(47-43)42-17-9-16-38-40-27-26-34-14-7-8-15-37(34)39(40)28-29-41(38)42;1-2-11-31(12-3-1)41-44-42(32-20-17-29(18-21-32)34-22-19-28-9-4-5-13-33(28)27-34)46-43(45-41)40-16-8-15-36-38-24-23-30-10-6-7-14-35(30)37(38)25-26-39(36)40;1-3-10-26(11-4-1)27-18-20-30(21-19-27)38-40-37(29-13-5-2-6-14-29)41-39(42-38)36-17-9-16-32-34-23-22-28-12-7-8-15-31(28)33(34)24-25-35(32)36/h1-29H;1-27H;1-25H. The summed E-state index contributed by atoms with van der Waals surface area (Å²) in [4.78, 5) is 45.5. The van der Waals surface area contributed by atoms with Crippen molar-refractivity contribution in [2.45, 2.75) is 0 Å². The summed E-state index contributed by atoms with van der Waals surface area (Å²) in [6, 6.07) is 172. The topological polar surface area (TPSA) is 116 Å². The van der Waals surface area contributed by atoms with Gasteiger partial charge in [0.2, 0.25) is 0 Å². The highest BCUT2D eigenvalue weighted by atomic mass is 15.1. The van der Waals surface area contributed by atoms with Gasteiger partial charge < -0.3 is 0 Å². The van der Waals surface area contributed by atoms with Crippen LogP contribution in [0.3, 0.4) is 0 Å². The lowest BCUT2D eigenvalue weighted by Gasteiger charge is -2.13. The van der Waals surface area contributed by atoms with Crippen molar-refractivity contribution in [1.82, 2.24) is 44.9 Å². The third-order valence-electron chi connectivity index (χ3n) is 26.0. The summed E-state index contributed by atoms with van der Waals surface area (Å²) >= 11 is 0. The number of fused-ring (bicyclic) bond motifs is 16. The first-order valence-corrected chi connectivity index (χ1v) is 45.9. The summed E-state index contributed by atoms with van der Waals surface area (Å²) in [7, 11) is 0. The first kappa shape index (κ1) is 81.0. The fourth-order valence-corrected chi connectivity index (χ4v) is 19.1. The average Bonchev–Trinajstić information content (AvgIpc) is 0.753. The molecule has 23 aromatic carbocycles. The van der Waals surface area contributed by atoms with Gasteiger partial charge in [-0.1, -0.05) is 485 Å². The zero-order valence-electron chi connectivity index (χ0n) is 73.8. The van der Waals surface area contributed by atoms with E-state index in [1.54, 1.807) is 0 Å². The number of nitrogens with zero attached hydrogens (tertiary/aromatic N) is 9. The van der Waals surface area contributed by atoms with E-state index in [2.05, 4.69) is 413 Å². The molecule has 0 bridgehead atoms. The van der Waals surface area contributed by atoms with Gasteiger partial charge in [-0.15, -0.1) is 0 Å². The van der Waals surface area contributed by atoms with Gasteiger partial charge in [-0.05, 0) is 158 Å². The molecule has 0 aliphatic rings. The third kappa shape index (κ3) is 15.8. The molecule has 0 fully saturated rings. The summed E-state index contributed by atoms with van der Waals surface area (Å²) in [6.07, 6.45) is 0. The van der Waals surface area contributed by atoms with Crippen LogP contribution in [0.4, 0.5) is 0 Å². The lowest BCUT2D eigenvalue weighted by Crippen LogP contribution is -2.00. The Labute approximate surface area is 785 Å². The van der Waals surface area contributed by atoms with Gasteiger partial charge in [0.05, 0.1) is 0 Å². The Kier molecular flexibility index (Phi) is 21.1. The number of hydrogen-bond donors (Lipinski definition) is 0. The molecule has 136 heavy (non-hydrogen) atoms. The van der Waals surface area contributed by atoms with Gasteiger partial charge in [-0.25, -0.2) is 44.9 Å². The van der Waals surface area contributed by atoms with Gasteiger partial charge in [0.25, 0.3) is 0 Å². The molecule has 0 saturated heterocycles. The fourth-order valence-electron chi connectivity index (χ4n) is 19.1. The maximum atomic E-state index is 5.12. The van der Waals surface area contributed by atoms with Crippen molar-refractivity contribution >= 4 is 108 Å². The number of benzene rings is 23. The van der Waals surface area contributed by atoms with Crippen molar-refractivity contribution in [3.8, 4) is 147 Å². The summed E-state index contributed by atoms with van der Waals surface area (Å²) in [5, 5.41) is 24.3. The Hall–Kier alpha value is -18.3.